The van der Waals surface area contributed by atoms with Crippen LogP contribution in [0, 0.1) is 0 Å². The second kappa shape index (κ2) is 2.96. The van der Waals surface area contributed by atoms with Crippen LogP contribution < -0.4 is 5.32 Å². The minimum Gasteiger partial charge on any atom is -0.378 e. The van der Waals surface area contributed by atoms with Crippen molar-refractivity contribution >= 4 is 11.8 Å². The third-order valence-corrected chi connectivity index (χ3v) is 4.01. The van der Waals surface area contributed by atoms with E-state index in [-0.39, 0.29) is 0 Å². The van der Waals surface area contributed by atoms with E-state index in [4.69, 9.17) is 4.74 Å². The van der Waals surface area contributed by atoms with Gasteiger partial charge in [-0.1, -0.05) is 0 Å². The zero-order valence-electron chi connectivity index (χ0n) is 6.93. The topological polar surface area (TPSA) is 21.3 Å². The Kier molecular flexibility index (Phi) is 2.12. The number of nitrogens with one attached hydrogen (secondary N) is 1. The molecule has 1 aliphatic carbocycles. The lowest BCUT2D eigenvalue weighted by Crippen LogP contribution is -2.48. The molecule has 11 heavy (non-hydrogen) atoms. The summed E-state index contributed by atoms with van der Waals surface area (Å²) in [5.74, 6) is 0. The fourth-order valence-electron chi connectivity index (χ4n) is 1.28. The summed E-state index contributed by atoms with van der Waals surface area (Å²) in [5, 5.41) is 3.53. The maximum absolute atomic E-state index is 5.08. The first-order chi connectivity index (χ1) is 5.35. The van der Waals surface area contributed by atoms with E-state index in [1.165, 1.54) is 19.4 Å². The Morgan fingerprint density at radius 2 is 2.27 bits per heavy atom. The Morgan fingerprint density at radius 3 is 2.64 bits per heavy atom. The van der Waals surface area contributed by atoms with Gasteiger partial charge in [0.05, 0.1) is 19.3 Å². The Hall–Kier alpha value is 0.270. The standard InChI is InChI=1S/C8H15NOS/c1-11-8(2-3-8)6-9-7-4-10-5-7/h7,9H,2-6H2,1H3. The molecule has 0 spiro atoms. The van der Waals surface area contributed by atoms with Gasteiger partial charge in [0.15, 0.2) is 0 Å². The predicted octanol–water partition coefficient (Wildman–Crippen LogP) is 0.870. The number of thioether (sulfide) groups is 1. The van der Waals surface area contributed by atoms with Gasteiger partial charge in [-0.15, -0.1) is 0 Å². The summed E-state index contributed by atoms with van der Waals surface area (Å²) < 4.78 is 5.69. The highest BCUT2D eigenvalue weighted by molar-refractivity contribution is 8.00. The molecule has 0 aromatic heterocycles. The molecule has 0 atom stereocenters. The lowest BCUT2D eigenvalue weighted by molar-refractivity contribution is -0.00493. The summed E-state index contributed by atoms with van der Waals surface area (Å²) in [7, 11) is 0. The van der Waals surface area contributed by atoms with Gasteiger partial charge < -0.3 is 10.1 Å². The Bertz CT molecular complexity index is 143. The number of hydrogen-bond donors (Lipinski definition) is 1. The van der Waals surface area contributed by atoms with Crippen LogP contribution in [-0.4, -0.2) is 36.8 Å². The average molecular weight is 173 g/mol. The molecule has 0 amide bonds. The van der Waals surface area contributed by atoms with Gasteiger partial charge >= 0.3 is 0 Å². The summed E-state index contributed by atoms with van der Waals surface area (Å²) in [6.07, 6.45) is 5.01. The number of hydrogen-bond acceptors (Lipinski definition) is 3. The van der Waals surface area contributed by atoms with Crippen molar-refractivity contribution in [3.8, 4) is 0 Å². The fraction of sp³-hybridized carbons (Fsp3) is 1.00. The molecule has 0 radical (unpaired) electrons. The summed E-state index contributed by atoms with van der Waals surface area (Å²) in [6, 6.07) is 0.652. The van der Waals surface area contributed by atoms with Crippen LogP contribution in [-0.2, 0) is 4.74 Å². The van der Waals surface area contributed by atoms with Gasteiger partial charge in [-0.05, 0) is 19.1 Å². The molecule has 2 nitrogen and oxygen atoms in total. The molecule has 0 aromatic carbocycles. The van der Waals surface area contributed by atoms with E-state index in [1.54, 1.807) is 0 Å². The van der Waals surface area contributed by atoms with Crippen molar-refractivity contribution in [2.75, 3.05) is 26.0 Å². The van der Waals surface area contributed by atoms with Gasteiger partial charge in [0.2, 0.25) is 0 Å². The van der Waals surface area contributed by atoms with Crippen LogP contribution in [0.4, 0.5) is 0 Å². The van der Waals surface area contributed by atoms with Gasteiger partial charge in [0.25, 0.3) is 0 Å². The van der Waals surface area contributed by atoms with Gasteiger partial charge in [-0.2, -0.15) is 11.8 Å². The largest absolute Gasteiger partial charge is 0.378 e. The van der Waals surface area contributed by atoms with Crippen molar-refractivity contribution in [3.05, 3.63) is 0 Å². The summed E-state index contributed by atoms with van der Waals surface area (Å²) in [5.41, 5.74) is 0. The molecule has 2 fully saturated rings. The predicted molar refractivity (Wildman–Crippen MR) is 48.1 cm³/mol. The molecule has 3 heteroatoms. The van der Waals surface area contributed by atoms with E-state index < -0.39 is 0 Å². The second-order valence-electron chi connectivity index (χ2n) is 3.50. The van der Waals surface area contributed by atoms with Gasteiger partial charge in [0.1, 0.15) is 0 Å². The minimum atomic E-state index is 0.607. The highest BCUT2D eigenvalue weighted by Gasteiger charge is 2.42. The first-order valence-electron chi connectivity index (χ1n) is 4.21. The molecule has 0 aromatic rings. The SMILES string of the molecule is CSC1(CNC2COC2)CC1. The van der Waals surface area contributed by atoms with Crippen LogP contribution >= 0.6 is 11.8 Å². The van der Waals surface area contributed by atoms with Crippen LogP contribution in [0.15, 0.2) is 0 Å². The smallest absolute Gasteiger partial charge is 0.0643 e. The summed E-state index contributed by atoms with van der Waals surface area (Å²) >= 11 is 2.01. The molecule has 2 rings (SSSR count). The first kappa shape index (κ1) is 7.90. The first-order valence-corrected chi connectivity index (χ1v) is 5.43. The fourth-order valence-corrected chi connectivity index (χ4v) is 2.01. The zero-order valence-corrected chi connectivity index (χ0v) is 7.75. The van der Waals surface area contributed by atoms with Crippen LogP contribution in [0.5, 0.6) is 0 Å². The molecule has 1 heterocycles. The van der Waals surface area contributed by atoms with Crippen LogP contribution in [0.3, 0.4) is 0 Å². The van der Waals surface area contributed by atoms with Crippen LogP contribution in [0.2, 0.25) is 0 Å². The number of ether oxygens (including phenoxy) is 1. The third-order valence-electron chi connectivity index (χ3n) is 2.59. The minimum absolute atomic E-state index is 0.607. The molecule has 1 aliphatic heterocycles. The lowest BCUT2D eigenvalue weighted by Gasteiger charge is -2.28. The maximum atomic E-state index is 5.08. The molecule has 1 saturated heterocycles. The second-order valence-corrected chi connectivity index (χ2v) is 4.78. The van der Waals surface area contributed by atoms with E-state index >= 15 is 0 Å². The van der Waals surface area contributed by atoms with Crippen molar-refractivity contribution < 1.29 is 4.74 Å². The summed E-state index contributed by atoms with van der Waals surface area (Å²) in [4.78, 5) is 0. The molecule has 1 saturated carbocycles. The van der Waals surface area contributed by atoms with E-state index in [2.05, 4.69) is 11.6 Å². The Morgan fingerprint density at radius 1 is 1.55 bits per heavy atom. The van der Waals surface area contributed by atoms with Gasteiger partial charge in [-0.25, -0.2) is 0 Å². The van der Waals surface area contributed by atoms with Crippen molar-refractivity contribution in [1.29, 1.82) is 0 Å². The molecule has 0 bridgehead atoms. The van der Waals surface area contributed by atoms with Crippen LogP contribution in [0.25, 0.3) is 0 Å². The van der Waals surface area contributed by atoms with Crippen molar-refractivity contribution in [1.82, 2.24) is 5.32 Å². The molecular weight excluding hydrogens is 158 g/mol. The monoisotopic (exact) mass is 173 g/mol. The Balaban J connectivity index is 1.65. The zero-order chi connectivity index (χ0) is 7.73. The molecular formula is C8H15NOS. The average Bonchev–Trinajstić information content (AvgIpc) is 2.66. The summed E-state index contributed by atoms with van der Waals surface area (Å²) in [6.45, 7) is 3.02. The van der Waals surface area contributed by atoms with E-state index in [9.17, 15) is 0 Å². The van der Waals surface area contributed by atoms with Crippen molar-refractivity contribution in [2.24, 2.45) is 0 Å². The molecule has 2 aliphatic rings. The van der Waals surface area contributed by atoms with Gasteiger partial charge in [-0.3, -0.25) is 0 Å². The lowest BCUT2D eigenvalue weighted by atomic mass is 10.2. The Labute approximate surface area is 72.1 Å². The van der Waals surface area contributed by atoms with Gasteiger partial charge in [0, 0.05) is 11.3 Å². The third kappa shape index (κ3) is 1.71. The van der Waals surface area contributed by atoms with Crippen molar-refractivity contribution in [3.63, 3.8) is 0 Å². The quantitative estimate of drug-likeness (QED) is 0.681. The molecule has 64 valence electrons. The normalized spacial score (nSPS) is 28.1. The van der Waals surface area contributed by atoms with E-state index in [0.717, 1.165) is 13.2 Å². The maximum Gasteiger partial charge on any atom is 0.0643 e. The number of rotatable bonds is 4. The molecule has 0 unspecified atom stereocenters. The highest BCUT2D eigenvalue weighted by atomic mass is 32.2. The van der Waals surface area contributed by atoms with Crippen LogP contribution in [0.1, 0.15) is 12.8 Å². The van der Waals surface area contributed by atoms with E-state index in [0.29, 0.717) is 10.8 Å². The van der Waals surface area contributed by atoms with Crippen molar-refractivity contribution in [2.45, 2.75) is 23.6 Å². The molecule has 1 N–H and O–H groups in total. The van der Waals surface area contributed by atoms with E-state index in [1.807, 2.05) is 11.8 Å². The highest BCUT2D eigenvalue weighted by Crippen LogP contribution is 2.46.